The van der Waals surface area contributed by atoms with E-state index in [1.165, 1.54) is 25.3 Å². The Morgan fingerprint density at radius 2 is 2.08 bits per heavy atom. The topological polar surface area (TPSA) is 54.9 Å². The fraction of sp³-hybridized carbons (Fsp3) is 0.650. The summed E-state index contributed by atoms with van der Waals surface area (Å²) in [4.78, 5) is 4.60. The number of rotatable bonds is 10. The Kier molecular flexibility index (Phi) is 8.16. The molecule has 0 saturated heterocycles. The van der Waals surface area contributed by atoms with Crippen LogP contribution in [0.25, 0.3) is 0 Å². The lowest BCUT2D eigenvalue weighted by molar-refractivity contribution is 0.0732. The highest BCUT2D eigenvalue weighted by Gasteiger charge is 2.36. The van der Waals surface area contributed by atoms with Gasteiger partial charge < -0.3 is 20.1 Å². The predicted molar refractivity (Wildman–Crippen MR) is 103 cm³/mol. The van der Waals surface area contributed by atoms with Gasteiger partial charge in [0.2, 0.25) is 0 Å². The van der Waals surface area contributed by atoms with Gasteiger partial charge in [-0.25, -0.2) is 9.38 Å². The van der Waals surface area contributed by atoms with E-state index in [9.17, 15) is 4.39 Å². The van der Waals surface area contributed by atoms with Gasteiger partial charge in [-0.1, -0.05) is 12.5 Å². The summed E-state index contributed by atoms with van der Waals surface area (Å²) in [6, 6.07) is 5.01. The molecule has 26 heavy (non-hydrogen) atoms. The molecule has 2 rings (SSSR count). The molecule has 6 heteroatoms. The van der Waals surface area contributed by atoms with Gasteiger partial charge >= 0.3 is 0 Å². The highest BCUT2D eigenvalue weighted by molar-refractivity contribution is 5.79. The van der Waals surface area contributed by atoms with Gasteiger partial charge in [-0.2, -0.15) is 0 Å². The lowest BCUT2D eigenvalue weighted by atomic mass is 9.67. The maximum atomic E-state index is 14.0. The quantitative estimate of drug-likeness (QED) is 0.492. The summed E-state index contributed by atoms with van der Waals surface area (Å²) in [5, 5.41) is 6.72. The number of methoxy groups -OCH3 is 1. The third-order valence-electron chi connectivity index (χ3n) is 4.94. The van der Waals surface area contributed by atoms with Crippen LogP contribution < -0.4 is 15.4 Å². The first-order chi connectivity index (χ1) is 12.6. The first-order valence-electron chi connectivity index (χ1n) is 9.55. The number of ether oxygens (including phenoxy) is 2. The molecule has 1 aromatic carbocycles. The molecule has 2 N–H and O–H groups in total. The number of benzene rings is 1. The summed E-state index contributed by atoms with van der Waals surface area (Å²) in [5.74, 6) is 0.714. The molecular weight excluding hydrogens is 333 g/mol. The van der Waals surface area contributed by atoms with E-state index in [4.69, 9.17) is 9.47 Å². The van der Waals surface area contributed by atoms with Crippen LogP contribution in [0.15, 0.2) is 23.2 Å². The fourth-order valence-electron chi connectivity index (χ4n) is 3.21. The van der Waals surface area contributed by atoms with E-state index in [1.807, 2.05) is 19.9 Å². The zero-order valence-corrected chi connectivity index (χ0v) is 16.2. The Morgan fingerprint density at radius 3 is 2.65 bits per heavy atom. The number of nitrogens with zero attached hydrogens (tertiary/aromatic N) is 1. The molecule has 1 aliphatic rings. The van der Waals surface area contributed by atoms with Crippen LogP contribution in [0.1, 0.15) is 45.1 Å². The summed E-state index contributed by atoms with van der Waals surface area (Å²) >= 11 is 0. The van der Waals surface area contributed by atoms with Crippen LogP contribution in [0.3, 0.4) is 0 Å². The molecule has 0 unspecified atom stereocenters. The normalized spacial score (nSPS) is 16.1. The van der Waals surface area contributed by atoms with Gasteiger partial charge in [-0.05, 0) is 56.2 Å². The van der Waals surface area contributed by atoms with E-state index in [0.29, 0.717) is 18.6 Å². The predicted octanol–water partition coefficient (Wildman–Crippen LogP) is 3.49. The zero-order valence-electron chi connectivity index (χ0n) is 16.2. The van der Waals surface area contributed by atoms with Crippen molar-refractivity contribution in [3.8, 4) is 5.75 Å². The third kappa shape index (κ3) is 5.87. The average molecular weight is 365 g/mol. The van der Waals surface area contributed by atoms with Crippen molar-refractivity contribution in [3.63, 3.8) is 0 Å². The van der Waals surface area contributed by atoms with Crippen molar-refractivity contribution in [2.45, 2.75) is 46.1 Å². The van der Waals surface area contributed by atoms with Crippen molar-refractivity contribution in [1.29, 1.82) is 0 Å². The molecule has 0 heterocycles. The monoisotopic (exact) mass is 365 g/mol. The van der Waals surface area contributed by atoms with Gasteiger partial charge in [0.05, 0.1) is 13.2 Å². The van der Waals surface area contributed by atoms with Gasteiger partial charge in [-0.15, -0.1) is 0 Å². The van der Waals surface area contributed by atoms with Crippen LogP contribution in [0.2, 0.25) is 0 Å². The second-order valence-corrected chi connectivity index (χ2v) is 6.84. The Bertz CT molecular complexity index is 588. The highest BCUT2D eigenvalue weighted by atomic mass is 19.1. The standard InChI is InChI=1S/C20H32FN3O2/c1-4-22-19(24-15-20(9-6-10-20)11-12-25-3)23-14-16-7-8-18(26-5-2)17(21)13-16/h7-8,13H,4-6,9-12,14-15H2,1-3H3,(H2,22,23,24). The number of nitrogens with one attached hydrogen (secondary N) is 2. The van der Waals surface area contributed by atoms with E-state index in [1.54, 1.807) is 13.2 Å². The van der Waals surface area contributed by atoms with Crippen LogP contribution in [0.5, 0.6) is 5.75 Å². The number of aliphatic imine (C=N–C) groups is 1. The van der Waals surface area contributed by atoms with Gasteiger partial charge in [0.25, 0.3) is 0 Å². The van der Waals surface area contributed by atoms with E-state index in [-0.39, 0.29) is 11.6 Å². The van der Waals surface area contributed by atoms with Crippen molar-refractivity contribution in [3.05, 3.63) is 29.6 Å². The molecular formula is C20H32FN3O2. The first-order valence-corrected chi connectivity index (χ1v) is 9.55. The lowest BCUT2D eigenvalue weighted by Gasteiger charge is -2.42. The maximum absolute atomic E-state index is 14.0. The number of guanidine groups is 1. The van der Waals surface area contributed by atoms with Gasteiger partial charge in [0, 0.05) is 26.8 Å². The van der Waals surface area contributed by atoms with Gasteiger partial charge in [0.15, 0.2) is 17.5 Å². The van der Waals surface area contributed by atoms with Crippen molar-refractivity contribution >= 4 is 5.96 Å². The minimum absolute atomic E-state index is 0.287. The highest BCUT2D eigenvalue weighted by Crippen LogP contribution is 2.43. The molecule has 1 fully saturated rings. The summed E-state index contributed by atoms with van der Waals surface area (Å²) in [6.07, 6.45) is 4.81. The van der Waals surface area contributed by atoms with Gasteiger partial charge in [0.1, 0.15) is 0 Å². The summed E-state index contributed by atoms with van der Waals surface area (Å²) < 4.78 is 24.5. The van der Waals surface area contributed by atoms with Crippen LogP contribution in [-0.4, -0.2) is 39.4 Å². The van der Waals surface area contributed by atoms with Crippen LogP contribution in [0, 0.1) is 11.2 Å². The third-order valence-corrected chi connectivity index (χ3v) is 4.94. The number of hydrogen-bond donors (Lipinski definition) is 2. The van der Waals surface area contributed by atoms with E-state index in [0.717, 1.165) is 37.6 Å². The van der Waals surface area contributed by atoms with Crippen LogP contribution in [-0.2, 0) is 11.3 Å². The second-order valence-electron chi connectivity index (χ2n) is 6.84. The largest absolute Gasteiger partial charge is 0.491 e. The minimum atomic E-state index is -0.342. The first kappa shape index (κ1) is 20.5. The Labute approximate surface area is 156 Å². The lowest BCUT2D eigenvalue weighted by Crippen LogP contribution is -2.46. The maximum Gasteiger partial charge on any atom is 0.191 e. The van der Waals surface area contributed by atoms with Crippen LogP contribution >= 0.6 is 0 Å². The molecule has 0 aromatic heterocycles. The summed E-state index contributed by atoms with van der Waals surface area (Å²) in [5.41, 5.74) is 1.14. The Balaban J connectivity index is 1.94. The molecule has 1 aliphatic carbocycles. The Morgan fingerprint density at radius 1 is 1.27 bits per heavy atom. The van der Waals surface area contributed by atoms with E-state index in [2.05, 4.69) is 15.6 Å². The van der Waals surface area contributed by atoms with Crippen LogP contribution in [0.4, 0.5) is 4.39 Å². The molecule has 0 aliphatic heterocycles. The molecule has 0 atom stereocenters. The molecule has 0 amide bonds. The molecule has 0 radical (unpaired) electrons. The second kappa shape index (κ2) is 10.4. The molecule has 0 spiro atoms. The zero-order chi connectivity index (χ0) is 18.8. The van der Waals surface area contributed by atoms with E-state index >= 15 is 0 Å². The van der Waals surface area contributed by atoms with Gasteiger partial charge in [-0.3, -0.25) is 0 Å². The summed E-state index contributed by atoms with van der Waals surface area (Å²) in [6.45, 7) is 7.22. The van der Waals surface area contributed by atoms with Crippen molar-refractivity contribution in [2.75, 3.05) is 33.4 Å². The minimum Gasteiger partial charge on any atom is -0.491 e. The average Bonchev–Trinajstić information content (AvgIpc) is 2.60. The van der Waals surface area contributed by atoms with E-state index < -0.39 is 0 Å². The van der Waals surface area contributed by atoms with Crippen molar-refractivity contribution in [1.82, 2.24) is 10.6 Å². The van der Waals surface area contributed by atoms with Crippen molar-refractivity contribution < 1.29 is 13.9 Å². The molecule has 5 nitrogen and oxygen atoms in total. The molecule has 1 saturated carbocycles. The molecule has 0 bridgehead atoms. The summed E-state index contributed by atoms with van der Waals surface area (Å²) in [7, 11) is 1.75. The van der Waals surface area contributed by atoms with Crippen molar-refractivity contribution in [2.24, 2.45) is 10.4 Å². The fourth-order valence-corrected chi connectivity index (χ4v) is 3.21. The molecule has 146 valence electrons. The number of halogens is 1. The SMILES string of the molecule is CCNC(=NCc1ccc(OCC)c(F)c1)NCC1(CCOC)CCC1. The Hall–Kier alpha value is -1.82. The number of hydrogen-bond acceptors (Lipinski definition) is 3. The smallest absolute Gasteiger partial charge is 0.191 e. The molecule has 1 aromatic rings.